The van der Waals surface area contributed by atoms with E-state index in [0.717, 1.165) is 30.0 Å². The van der Waals surface area contributed by atoms with Crippen molar-refractivity contribution >= 4 is 0 Å². The van der Waals surface area contributed by atoms with Gasteiger partial charge in [-0.3, -0.25) is 4.98 Å². The van der Waals surface area contributed by atoms with E-state index < -0.39 is 0 Å². The van der Waals surface area contributed by atoms with Gasteiger partial charge in [0.05, 0.1) is 6.20 Å². The second-order valence-corrected chi connectivity index (χ2v) is 4.44. The van der Waals surface area contributed by atoms with Crippen molar-refractivity contribution in [1.82, 2.24) is 15.5 Å². The predicted octanol–water partition coefficient (Wildman–Crippen LogP) is 2.48. The fourth-order valence-corrected chi connectivity index (χ4v) is 1.62. The molecule has 4 nitrogen and oxygen atoms in total. The molecule has 0 aromatic carbocycles. The molecule has 1 N–H and O–H groups in total. The van der Waals surface area contributed by atoms with Crippen LogP contribution in [0.2, 0.25) is 0 Å². The molecule has 90 valence electrons. The minimum absolute atomic E-state index is 0.638. The van der Waals surface area contributed by atoms with E-state index in [1.165, 1.54) is 0 Å². The van der Waals surface area contributed by atoms with Gasteiger partial charge in [-0.25, -0.2) is 0 Å². The summed E-state index contributed by atoms with van der Waals surface area (Å²) in [5.74, 6) is 1.46. The molecule has 0 bridgehead atoms. The van der Waals surface area contributed by atoms with Gasteiger partial charge in [-0.2, -0.15) is 0 Å². The lowest BCUT2D eigenvalue weighted by atomic mass is 10.1. The minimum atomic E-state index is 0.638. The number of rotatable bonds is 5. The van der Waals surface area contributed by atoms with Crippen molar-refractivity contribution in [2.75, 3.05) is 6.54 Å². The Kier molecular flexibility index (Phi) is 3.88. The molecule has 0 amide bonds. The van der Waals surface area contributed by atoms with Crippen LogP contribution in [0.4, 0.5) is 0 Å². The molecule has 2 aromatic heterocycles. The molecule has 0 fully saturated rings. The molecular formula is C13H17N3O. The van der Waals surface area contributed by atoms with E-state index in [0.29, 0.717) is 5.92 Å². The maximum absolute atomic E-state index is 5.29. The highest BCUT2D eigenvalue weighted by Gasteiger charge is 2.09. The Bertz CT molecular complexity index is 451. The maximum Gasteiger partial charge on any atom is 0.171 e. The van der Waals surface area contributed by atoms with Crippen molar-refractivity contribution in [3.63, 3.8) is 0 Å². The van der Waals surface area contributed by atoms with E-state index in [1.807, 2.05) is 12.1 Å². The fraction of sp³-hybridized carbons (Fsp3) is 0.385. The number of hydrogen-bond donors (Lipinski definition) is 1. The Morgan fingerprint density at radius 1 is 1.29 bits per heavy atom. The van der Waals surface area contributed by atoms with Crippen LogP contribution in [0.15, 0.2) is 35.2 Å². The Hall–Kier alpha value is -1.68. The van der Waals surface area contributed by atoms with E-state index in [1.54, 1.807) is 18.6 Å². The summed E-state index contributed by atoms with van der Waals surface area (Å²) in [6.45, 7) is 6.13. The van der Waals surface area contributed by atoms with Crippen LogP contribution in [0.5, 0.6) is 0 Å². The Morgan fingerprint density at radius 3 is 2.76 bits per heavy atom. The summed E-state index contributed by atoms with van der Waals surface area (Å²) < 4.78 is 5.29. The first-order valence-corrected chi connectivity index (χ1v) is 5.82. The van der Waals surface area contributed by atoms with Crippen molar-refractivity contribution in [2.45, 2.75) is 20.4 Å². The van der Waals surface area contributed by atoms with Gasteiger partial charge in [-0.15, -0.1) is 0 Å². The molecule has 0 radical (unpaired) electrons. The van der Waals surface area contributed by atoms with E-state index >= 15 is 0 Å². The van der Waals surface area contributed by atoms with E-state index in [-0.39, 0.29) is 0 Å². The molecule has 0 aliphatic heterocycles. The molecule has 0 spiro atoms. The Labute approximate surface area is 101 Å². The summed E-state index contributed by atoms with van der Waals surface area (Å²) in [6.07, 6.45) is 5.27. The van der Waals surface area contributed by atoms with Gasteiger partial charge in [0.15, 0.2) is 5.76 Å². The van der Waals surface area contributed by atoms with Crippen molar-refractivity contribution in [1.29, 1.82) is 0 Å². The number of pyridine rings is 1. The molecule has 4 heteroatoms. The molecule has 0 atom stereocenters. The van der Waals surface area contributed by atoms with Crippen molar-refractivity contribution in [2.24, 2.45) is 5.92 Å². The standard InChI is InChI=1S/C13H17N3O/c1-10(2)7-15-8-12-9-16-17-13(12)11-3-5-14-6-4-11/h3-6,9-10,15H,7-8H2,1-2H3. The zero-order valence-electron chi connectivity index (χ0n) is 10.2. The molecule has 17 heavy (non-hydrogen) atoms. The topological polar surface area (TPSA) is 51.0 Å². The van der Waals surface area contributed by atoms with Gasteiger partial charge in [0, 0.05) is 30.1 Å². The lowest BCUT2D eigenvalue weighted by Crippen LogP contribution is -2.18. The lowest BCUT2D eigenvalue weighted by molar-refractivity contribution is 0.431. The monoisotopic (exact) mass is 231 g/mol. The van der Waals surface area contributed by atoms with Gasteiger partial charge < -0.3 is 9.84 Å². The van der Waals surface area contributed by atoms with E-state index in [9.17, 15) is 0 Å². The first-order valence-electron chi connectivity index (χ1n) is 5.82. The molecule has 2 rings (SSSR count). The van der Waals surface area contributed by atoms with Gasteiger partial charge in [0.2, 0.25) is 0 Å². The molecule has 0 saturated heterocycles. The number of aromatic nitrogens is 2. The first-order chi connectivity index (χ1) is 8.27. The average Bonchev–Trinajstić information content (AvgIpc) is 2.78. The summed E-state index contributed by atoms with van der Waals surface area (Å²) in [6, 6.07) is 3.85. The summed E-state index contributed by atoms with van der Waals surface area (Å²) in [7, 11) is 0. The Morgan fingerprint density at radius 2 is 2.06 bits per heavy atom. The summed E-state index contributed by atoms with van der Waals surface area (Å²) >= 11 is 0. The SMILES string of the molecule is CC(C)CNCc1cnoc1-c1ccncc1. The highest BCUT2D eigenvalue weighted by molar-refractivity contribution is 5.59. The van der Waals surface area contributed by atoms with E-state index in [2.05, 4.69) is 29.3 Å². The molecular weight excluding hydrogens is 214 g/mol. The summed E-state index contributed by atoms with van der Waals surface area (Å²) in [5, 5.41) is 7.24. The smallest absolute Gasteiger partial charge is 0.171 e. The van der Waals surface area contributed by atoms with Gasteiger partial charge in [0.1, 0.15) is 0 Å². The summed E-state index contributed by atoms with van der Waals surface area (Å²) in [5.41, 5.74) is 2.09. The molecule has 2 heterocycles. The van der Waals surface area contributed by atoms with Gasteiger partial charge in [-0.1, -0.05) is 19.0 Å². The third-order valence-electron chi connectivity index (χ3n) is 2.45. The summed E-state index contributed by atoms with van der Waals surface area (Å²) in [4.78, 5) is 3.99. The van der Waals surface area contributed by atoms with Crippen LogP contribution >= 0.6 is 0 Å². The van der Waals surface area contributed by atoms with Crippen molar-refractivity contribution < 1.29 is 4.52 Å². The second kappa shape index (κ2) is 5.59. The van der Waals surface area contributed by atoms with Crippen LogP contribution < -0.4 is 5.32 Å². The fourth-order valence-electron chi connectivity index (χ4n) is 1.62. The van der Waals surface area contributed by atoms with Crippen LogP contribution in [0.25, 0.3) is 11.3 Å². The lowest BCUT2D eigenvalue weighted by Gasteiger charge is -2.06. The normalized spacial score (nSPS) is 11.0. The van der Waals surface area contributed by atoms with Crippen LogP contribution in [-0.4, -0.2) is 16.7 Å². The average molecular weight is 231 g/mol. The molecule has 0 saturated carbocycles. The zero-order chi connectivity index (χ0) is 12.1. The van der Waals surface area contributed by atoms with E-state index in [4.69, 9.17) is 4.52 Å². The highest BCUT2D eigenvalue weighted by atomic mass is 16.5. The highest BCUT2D eigenvalue weighted by Crippen LogP contribution is 2.22. The Balaban J connectivity index is 2.07. The van der Waals surface area contributed by atoms with Crippen molar-refractivity contribution in [3.8, 4) is 11.3 Å². The third-order valence-corrected chi connectivity index (χ3v) is 2.45. The zero-order valence-corrected chi connectivity index (χ0v) is 10.2. The van der Waals surface area contributed by atoms with Crippen LogP contribution in [0.3, 0.4) is 0 Å². The van der Waals surface area contributed by atoms with Crippen molar-refractivity contribution in [3.05, 3.63) is 36.3 Å². The molecule has 0 aliphatic rings. The first kappa shape index (κ1) is 11.8. The van der Waals surface area contributed by atoms with Crippen LogP contribution in [0, 0.1) is 5.92 Å². The number of nitrogens with one attached hydrogen (secondary N) is 1. The second-order valence-electron chi connectivity index (χ2n) is 4.44. The third kappa shape index (κ3) is 3.14. The number of hydrogen-bond acceptors (Lipinski definition) is 4. The molecule has 2 aromatic rings. The minimum Gasteiger partial charge on any atom is -0.356 e. The quantitative estimate of drug-likeness (QED) is 0.859. The van der Waals surface area contributed by atoms with Gasteiger partial charge in [0.25, 0.3) is 0 Å². The van der Waals surface area contributed by atoms with Gasteiger partial charge in [-0.05, 0) is 24.6 Å². The molecule has 0 unspecified atom stereocenters. The van der Waals surface area contributed by atoms with Crippen LogP contribution in [-0.2, 0) is 6.54 Å². The maximum atomic E-state index is 5.29. The largest absolute Gasteiger partial charge is 0.356 e. The van der Waals surface area contributed by atoms with Gasteiger partial charge >= 0.3 is 0 Å². The van der Waals surface area contributed by atoms with Crippen LogP contribution in [0.1, 0.15) is 19.4 Å². The molecule has 0 aliphatic carbocycles. The predicted molar refractivity (Wildman–Crippen MR) is 66.3 cm³/mol. The number of nitrogens with zero attached hydrogens (tertiary/aromatic N) is 2.